The third-order valence-corrected chi connectivity index (χ3v) is 5.60. The number of aryl methyl sites for hydroxylation is 3. The first-order valence-corrected chi connectivity index (χ1v) is 9.74. The Balaban J connectivity index is 1.59. The van der Waals surface area contributed by atoms with Gasteiger partial charge in [-0.15, -0.1) is 22.7 Å². The molecule has 0 unspecified atom stereocenters. The van der Waals surface area contributed by atoms with Crippen molar-refractivity contribution in [3.8, 4) is 9.88 Å². The third-order valence-electron chi connectivity index (χ3n) is 3.72. The predicted molar refractivity (Wildman–Crippen MR) is 105 cm³/mol. The highest BCUT2D eigenvalue weighted by Crippen LogP contribution is 2.28. The van der Waals surface area contributed by atoms with Crippen molar-refractivity contribution in [3.05, 3.63) is 57.4 Å². The minimum atomic E-state index is -0.600. The molecule has 2 aromatic heterocycles. The van der Waals surface area contributed by atoms with Crippen molar-refractivity contribution >= 4 is 40.2 Å². The monoisotopic (exact) mass is 386 g/mol. The number of nitrogens with zero attached hydrogens (tertiary/aromatic N) is 1. The first-order valence-electron chi connectivity index (χ1n) is 7.98. The van der Waals surface area contributed by atoms with Gasteiger partial charge in [0.05, 0.1) is 4.88 Å². The molecule has 0 radical (unpaired) electrons. The predicted octanol–water partition coefficient (Wildman–Crippen LogP) is 4.59. The van der Waals surface area contributed by atoms with Crippen molar-refractivity contribution in [1.29, 1.82) is 0 Å². The van der Waals surface area contributed by atoms with Crippen molar-refractivity contribution in [1.82, 2.24) is 4.98 Å². The summed E-state index contributed by atoms with van der Waals surface area (Å²) in [6.45, 7) is 5.52. The highest BCUT2D eigenvalue weighted by atomic mass is 32.1. The molecule has 0 saturated carbocycles. The maximum absolute atomic E-state index is 12.1. The molecule has 0 saturated heterocycles. The van der Waals surface area contributed by atoms with Gasteiger partial charge in [0.25, 0.3) is 5.91 Å². The highest BCUT2D eigenvalue weighted by molar-refractivity contribution is 7.20. The Kier molecular flexibility index (Phi) is 5.49. The fourth-order valence-electron chi connectivity index (χ4n) is 2.64. The van der Waals surface area contributed by atoms with Crippen LogP contribution in [-0.4, -0.2) is 23.5 Å². The number of thiazole rings is 1. The van der Waals surface area contributed by atoms with Crippen LogP contribution in [-0.2, 0) is 9.53 Å². The molecule has 134 valence electrons. The van der Waals surface area contributed by atoms with Gasteiger partial charge in [-0.2, -0.15) is 0 Å². The SMILES string of the molecule is Cc1cc(C)c(NC(=O)COC(=O)c2csc(-c3cccs3)n2)c(C)c1. The number of thiophene rings is 1. The topological polar surface area (TPSA) is 68.3 Å². The van der Waals surface area contributed by atoms with E-state index in [1.165, 1.54) is 11.3 Å². The average molecular weight is 386 g/mol. The molecule has 1 amide bonds. The Labute approximate surface area is 159 Å². The Morgan fingerprint density at radius 2 is 1.88 bits per heavy atom. The molecule has 0 aliphatic carbocycles. The number of rotatable bonds is 5. The van der Waals surface area contributed by atoms with Crippen LogP contribution in [0.15, 0.2) is 35.0 Å². The van der Waals surface area contributed by atoms with Gasteiger partial charge in [-0.1, -0.05) is 23.8 Å². The minimum absolute atomic E-state index is 0.217. The second-order valence-electron chi connectivity index (χ2n) is 5.91. The Hall–Kier alpha value is -2.51. The molecular formula is C19H18N2O3S2. The molecule has 0 spiro atoms. The number of ether oxygens (including phenoxy) is 1. The van der Waals surface area contributed by atoms with Gasteiger partial charge in [-0.3, -0.25) is 4.79 Å². The van der Waals surface area contributed by atoms with Gasteiger partial charge in [0, 0.05) is 11.1 Å². The molecule has 7 heteroatoms. The largest absolute Gasteiger partial charge is 0.451 e. The summed E-state index contributed by atoms with van der Waals surface area (Å²) in [7, 11) is 0. The lowest BCUT2D eigenvalue weighted by atomic mass is 10.1. The third kappa shape index (κ3) is 4.17. The van der Waals surface area contributed by atoms with Crippen LogP contribution in [0.4, 0.5) is 5.69 Å². The molecule has 0 aliphatic rings. The Morgan fingerprint density at radius 3 is 2.54 bits per heavy atom. The number of hydrogen-bond donors (Lipinski definition) is 1. The van der Waals surface area contributed by atoms with Gasteiger partial charge in [0.15, 0.2) is 12.3 Å². The fourth-order valence-corrected chi connectivity index (χ4v) is 4.24. The maximum Gasteiger partial charge on any atom is 0.358 e. The number of amides is 1. The van der Waals surface area contributed by atoms with Gasteiger partial charge >= 0.3 is 5.97 Å². The summed E-state index contributed by atoms with van der Waals surface area (Å²) in [5, 5.41) is 7.17. The van der Waals surface area contributed by atoms with Gasteiger partial charge in [-0.25, -0.2) is 9.78 Å². The van der Waals surface area contributed by atoms with E-state index in [-0.39, 0.29) is 18.2 Å². The van der Waals surface area contributed by atoms with Crippen molar-refractivity contribution in [2.24, 2.45) is 0 Å². The van der Waals surface area contributed by atoms with E-state index in [1.54, 1.807) is 16.7 Å². The molecule has 2 heterocycles. The molecule has 0 fully saturated rings. The van der Waals surface area contributed by atoms with Crippen LogP contribution >= 0.6 is 22.7 Å². The number of nitrogens with one attached hydrogen (secondary N) is 1. The van der Waals surface area contributed by atoms with Crippen LogP contribution < -0.4 is 5.32 Å². The summed E-state index contributed by atoms with van der Waals surface area (Å²) in [6, 6.07) is 7.86. The van der Waals surface area contributed by atoms with E-state index in [4.69, 9.17) is 4.74 Å². The molecular weight excluding hydrogens is 368 g/mol. The molecule has 1 N–H and O–H groups in total. The van der Waals surface area contributed by atoms with Gasteiger partial charge in [-0.05, 0) is 43.3 Å². The molecule has 3 aromatic rings. The number of anilines is 1. The zero-order chi connectivity index (χ0) is 18.7. The zero-order valence-electron chi connectivity index (χ0n) is 14.7. The van der Waals surface area contributed by atoms with Crippen molar-refractivity contribution < 1.29 is 14.3 Å². The number of hydrogen-bond acceptors (Lipinski definition) is 6. The number of esters is 1. The van der Waals surface area contributed by atoms with E-state index in [9.17, 15) is 9.59 Å². The Bertz CT molecular complexity index is 923. The second-order valence-corrected chi connectivity index (χ2v) is 7.72. The van der Waals surface area contributed by atoms with Crippen LogP contribution in [0.2, 0.25) is 0 Å². The van der Waals surface area contributed by atoms with Crippen LogP contribution in [0.5, 0.6) is 0 Å². The maximum atomic E-state index is 12.1. The van der Waals surface area contributed by atoms with Crippen LogP contribution in [0.1, 0.15) is 27.2 Å². The van der Waals surface area contributed by atoms with Crippen LogP contribution in [0.3, 0.4) is 0 Å². The van der Waals surface area contributed by atoms with E-state index in [1.807, 2.05) is 50.4 Å². The lowest BCUT2D eigenvalue weighted by molar-refractivity contribution is -0.119. The van der Waals surface area contributed by atoms with E-state index in [0.29, 0.717) is 0 Å². The number of carbonyl (C=O) groups is 2. The summed E-state index contributed by atoms with van der Waals surface area (Å²) < 4.78 is 5.09. The summed E-state index contributed by atoms with van der Waals surface area (Å²) in [4.78, 5) is 29.5. The van der Waals surface area contributed by atoms with Gasteiger partial charge in [0.2, 0.25) is 0 Å². The first-order chi connectivity index (χ1) is 12.4. The molecule has 0 bridgehead atoms. The normalized spacial score (nSPS) is 10.6. The lowest BCUT2D eigenvalue weighted by Crippen LogP contribution is -2.22. The standard InChI is InChI=1S/C19H18N2O3S2/c1-11-7-12(2)17(13(3)8-11)21-16(22)9-24-19(23)14-10-26-18(20-14)15-5-4-6-25-15/h4-8,10H,9H2,1-3H3,(H,21,22). The first kappa shape index (κ1) is 18.3. The van der Waals surface area contributed by atoms with E-state index < -0.39 is 5.97 Å². The van der Waals surface area contributed by atoms with Crippen LogP contribution in [0.25, 0.3) is 9.88 Å². The molecule has 3 rings (SSSR count). The van der Waals surface area contributed by atoms with Crippen LogP contribution in [0, 0.1) is 20.8 Å². The summed E-state index contributed by atoms with van der Waals surface area (Å²) in [6.07, 6.45) is 0. The van der Waals surface area contributed by atoms with E-state index >= 15 is 0 Å². The van der Waals surface area contributed by atoms with E-state index in [0.717, 1.165) is 32.3 Å². The van der Waals surface area contributed by atoms with Gasteiger partial charge < -0.3 is 10.1 Å². The number of aromatic nitrogens is 1. The van der Waals surface area contributed by atoms with E-state index in [2.05, 4.69) is 10.3 Å². The molecule has 26 heavy (non-hydrogen) atoms. The highest BCUT2D eigenvalue weighted by Gasteiger charge is 2.16. The smallest absolute Gasteiger partial charge is 0.358 e. The quantitative estimate of drug-likeness (QED) is 0.651. The number of carbonyl (C=O) groups excluding carboxylic acids is 2. The Morgan fingerprint density at radius 1 is 1.15 bits per heavy atom. The second kappa shape index (κ2) is 7.80. The zero-order valence-corrected chi connectivity index (χ0v) is 16.3. The van der Waals surface area contributed by atoms with Crippen molar-refractivity contribution in [3.63, 3.8) is 0 Å². The minimum Gasteiger partial charge on any atom is -0.451 e. The summed E-state index contributed by atoms with van der Waals surface area (Å²) in [5.74, 6) is -0.973. The fraction of sp³-hybridized carbons (Fsp3) is 0.211. The lowest BCUT2D eigenvalue weighted by Gasteiger charge is -2.12. The van der Waals surface area contributed by atoms with Gasteiger partial charge in [0.1, 0.15) is 5.01 Å². The molecule has 0 aliphatic heterocycles. The summed E-state index contributed by atoms with van der Waals surface area (Å²) in [5.41, 5.74) is 4.05. The van der Waals surface area contributed by atoms with Crippen molar-refractivity contribution in [2.45, 2.75) is 20.8 Å². The molecule has 5 nitrogen and oxygen atoms in total. The molecule has 0 atom stereocenters. The van der Waals surface area contributed by atoms with Crippen molar-refractivity contribution in [2.75, 3.05) is 11.9 Å². The number of benzene rings is 1. The molecule has 1 aromatic carbocycles. The average Bonchev–Trinajstić information content (AvgIpc) is 3.26. The summed E-state index contributed by atoms with van der Waals surface area (Å²) >= 11 is 2.93.